The molecule has 0 bridgehead atoms. The molecule has 0 radical (unpaired) electrons. The Morgan fingerprint density at radius 1 is 1.38 bits per heavy atom. The first-order valence-electron chi connectivity index (χ1n) is 7.81. The molecule has 2 aliphatic rings. The van der Waals surface area contributed by atoms with Crippen LogP contribution in [0.1, 0.15) is 52.9 Å². The van der Waals surface area contributed by atoms with Gasteiger partial charge in [0, 0.05) is 10.4 Å². The van der Waals surface area contributed by atoms with Gasteiger partial charge in [0.1, 0.15) is 17.4 Å². The van der Waals surface area contributed by atoms with Gasteiger partial charge in [-0.15, -0.1) is 11.3 Å². The van der Waals surface area contributed by atoms with Gasteiger partial charge in [-0.05, 0) is 31.9 Å². The number of hydrogen-bond acceptors (Lipinski definition) is 4. The van der Waals surface area contributed by atoms with Gasteiger partial charge in [-0.2, -0.15) is 0 Å². The number of hydrogen-bond donors (Lipinski definition) is 1. The van der Waals surface area contributed by atoms with E-state index in [9.17, 15) is 0 Å². The minimum Gasteiger partial charge on any atom is -0.492 e. The number of aromatic nitrogens is 1. The lowest BCUT2D eigenvalue weighted by Crippen LogP contribution is -2.24. The van der Waals surface area contributed by atoms with Crippen LogP contribution in [0.4, 0.5) is 0 Å². The fourth-order valence-electron chi connectivity index (χ4n) is 3.40. The minimum atomic E-state index is 0.319. The number of nitrogens with zero attached hydrogens (tertiary/aromatic N) is 1. The molecule has 2 aromatic rings. The van der Waals surface area contributed by atoms with Gasteiger partial charge in [-0.1, -0.05) is 25.1 Å². The Bertz CT molecular complexity index is 652. The van der Waals surface area contributed by atoms with Crippen LogP contribution >= 0.6 is 11.3 Å². The molecule has 4 rings (SSSR count). The maximum atomic E-state index is 5.82. The highest BCUT2D eigenvalue weighted by Gasteiger charge is 2.31. The number of rotatable bonds is 3. The summed E-state index contributed by atoms with van der Waals surface area (Å²) in [6, 6.07) is 8.81. The average molecular weight is 300 g/mol. The summed E-state index contributed by atoms with van der Waals surface area (Å²) >= 11 is 1.89. The van der Waals surface area contributed by atoms with Crippen LogP contribution in [-0.4, -0.2) is 18.1 Å². The van der Waals surface area contributed by atoms with Crippen molar-refractivity contribution in [2.45, 2.75) is 38.1 Å². The van der Waals surface area contributed by atoms with Crippen LogP contribution in [-0.2, 0) is 6.42 Å². The molecule has 4 heteroatoms. The van der Waals surface area contributed by atoms with Crippen molar-refractivity contribution in [2.75, 3.05) is 13.2 Å². The monoisotopic (exact) mass is 300 g/mol. The van der Waals surface area contributed by atoms with Crippen LogP contribution in [0.15, 0.2) is 24.3 Å². The molecular formula is C17H20N2OS. The second-order valence-electron chi connectivity index (χ2n) is 5.76. The molecule has 2 heterocycles. The van der Waals surface area contributed by atoms with Crippen LogP contribution < -0.4 is 10.1 Å². The van der Waals surface area contributed by atoms with Crippen molar-refractivity contribution in [3.05, 3.63) is 45.4 Å². The number of ether oxygens (including phenoxy) is 1. The molecule has 0 fully saturated rings. The second kappa shape index (κ2) is 5.43. The average Bonchev–Trinajstić information content (AvgIpc) is 3.11. The highest BCUT2D eigenvalue weighted by Crippen LogP contribution is 2.42. The highest BCUT2D eigenvalue weighted by atomic mass is 32.1. The highest BCUT2D eigenvalue weighted by molar-refractivity contribution is 7.11. The molecule has 0 amide bonds. The lowest BCUT2D eigenvalue weighted by molar-refractivity contribution is 0.342. The number of aryl methyl sites for hydroxylation is 1. The molecule has 1 aromatic carbocycles. The van der Waals surface area contributed by atoms with Crippen molar-refractivity contribution >= 4 is 11.3 Å². The third-order valence-corrected chi connectivity index (χ3v) is 5.66. The second-order valence-corrected chi connectivity index (χ2v) is 6.88. The molecule has 3 nitrogen and oxygen atoms in total. The fourth-order valence-corrected chi connectivity index (χ4v) is 4.67. The van der Waals surface area contributed by atoms with Gasteiger partial charge in [0.2, 0.25) is 0 Å². The van der Waals surface area contributed by atoms with E-state index >= 15 is 0 Å². The first-order valence-corrected chi connectivity index (χ1v) is 8.63. The molecule has 1 aliphatic heterocycles. The Hall–Kier alpha value is -1.39. The molecule has 1 aromatic heterocycles. The fraction of sp³-hybridized carbons (Fsp3) is 0.471. The zero-order chi connectivity index (χ0) is 14.2. The van der Waals surface area contributed by atoms with E-state index in [1.54, 1.807) is 0 Å². The van der Waals surface area contributed by atoms with E-state index in [1.807, 2.05) is 17.4 Å². The Balaban J connectivity index is 1.69. The predicted molar refractivity (Wildman–Crippen MR) is 85.2 cm³/mol. The van der Waals surface area contributed by atoms with Crippen molar-refractivity contribution in [1.29, 1.82) is 0 Å². The summed E-state index contributed by atoms with van der Waals surface area (Å²) in [5.41, 5.74) is 2.59. The molecule has 2 unspecified atom stereocenters. The molecule has 1 aliphatic carbocycles. The van der Waals surface area contributed by atoms with Crippen molar-refractivity contribution in [2.24, 2.45) is 0 Å². The number of thiazole rings is 1. The van der Waals surface area contributed by atoms with E-state index in [1.165, 1.54) is 40.4 Å². The Morgan fingerprint density at radius 2 is 2.29 bits per heavy atom. The van der Waals surface area contributed by atoms with Crippen LogP contribution in [0.2, 0.25) is 0 Å². The smallest absolute Gasteiger partial charge is 0.123 e. The Morgan fingerprint density at radius 3 is 3.19 bits per heavy atom. The van der Waals surface area contributed by atoms with E-state index in [0.29, 0.717) is 12.0 Å². The zero-order valence-corrected chi connectivity index (χ0v) is 13.1. The number of fused-ring (bicyclic) bond motifs is 2. The molecule has 0 saturated heterocycles. The van der Waals surface area contributed by atoms with Crippen LogP contribution in [0, 0.1) is 0 Å². The van der Waals surface area contributed by atoms with Gasteiger partial charge >= 0.3 is 0 Å². The lowest BCUT2D eigenvalue weighted by atomic mass is 9.97. The Labute approximate surface area is 129 Å². The molecule has 21 heavy (non-hydrogen) atoms. The lowest BCUT2D eigenvalue weighted by Gasteiger charge is -2.21. The predicted octanol–water partition coefficient (Wildman–Crippen LogP) is 3.65. The quantitative estimate of drug-likeness (QED) is 0.939. The number of benzene rings is 1. The number of nitrogens with one attached hydrogen (secondary N) is 1. The summed E-state index contributed by atoms with van der Waals surface area (Å²) in [5, 5.41) is 4.81. The van der Waals surface area contributed by atoms with Crippen molar-refractivity contribution in [1.82, 2.24) is 10.3 Å². The molecule has 110 valence electrons. The Kier molecular flexibility index (Phi) is 3.43. The summed E-state index contributed by atoms with van der Waals surface area (Å²) in [4.78, 5) is 6.49. The SMILES string of the molecule is CCNC1CCCc2sc(C3COc4ccccc43)nc21. The van der Waals surface area contributed by atoms with Gasteiger partial charge in [-0.3, -0.25) is 0 Å². The summed E-state index contributed by atoms with van der Waals surface area (Å²) < 4.78 is 5.82. The number of para-hydroxylation sites is 1. The van der Waals surface area contributed by atoms with Gasteiger partial charge in [0.05, 0.1) is 17.7 Å². The van der Waals surface area contributed by atoms with Crippen LogP contribution in [0.3, 0.4) is 0 Å². The van der Waals surface area contributed by atoms with Gasteiger partial charge in [-0.25, -0.2) is 4.98 Å². The van der Waals surface area contributed by atoms with Crippen molar-refractivity contribution < 1.29 is 4.74 Å². The topological polar surface area (TPSA) is 34.1 Å². The molecular weight excluding hydrogens is 280 g/mol. The van der Waals surface area contributed by atoms with Crippen molar-refractivity contribution in [3.8, 4) is 5.75 Å². The van der Waals surface area contributed by atoms with E-state index in [2.05, 4.69) is 30.4 Å². The third kappa shape index (κ3) is 2.27. The third-order valence-electron chi connectivity index (χ3n) is 4.42. The molecule has 2 atom stereocenters. The molecule has 1 N–H and O–H groups in total. The molecule has 0 saturated carbocycles. The van der Waals surface area contributed by atoms with E-state index in [0.717, 1.165) is 18.9 Å². The first kappa shape index (κ1) is 13.3. The summed E-state index contributed by atoms with van der Waals surface area (Å²) in [5.74, 6) is 1.35. The van der Waals surface area contributed by atoms with Crippen LogP contribution in [0.5, 0.6) is 5.75 Å². The van der Waals surface area contributed by atoms with E-state index < -0.39 is 0 Å². The summed E-state index contributed by atoms with van der Waals surface area (Å²) in [7, 11) is 0. The zero-order valence-electron chi connectivity index (χ0n) is 12.3. The largest absolute Gasteiger partial charge is 0.492 e. The minimum absolute atomic E-state index is 0.319. The van der Waals surface area contributed by atoms with E-state index in [4.69, 9.17) is 9.72 Å². The van der Waals surface area contributed by atoms with Gasteiger partial charge in [0.25, 0.3) is 0 Å². The first-order chi connectivity index (χ1) is 10.4. The standard InChI is InChI=1S/C17H20N2OS/c1-2-18-13-7-5-9-15-16(13)19-17(21-15)12-10-20-14-8-4-3-6-11(12)14/h3-4,6,8,12-13,18H,2,5,7,9-10H2,1H3. The molecule has 0 spiro atoms. The van der Waals surface area contributed by atoms with Crippen LogP contribution in [0.25, 0.3) is 0 Å². The van der Waals surface area contributed by atoms with E-state index in [-0.39, 0.29) is 0 Å². The van der Waals surface area contributed by atoms with Gasteiger partial charge in [0.15, 0.2) is 0 Å². The van der Waals surface area contributed by atoms with Gasteiger partial charge < -0.3 is 10.1 Å². The normalized spacial score (nSPS) is 23.5. The summed E-state index contributed by atoms with van der Waals surface area (Å²) in [6.45, 7) is 3.91. The summed E-state index contributed by atoms with van der Waals surface area (Å²) in [6.07, 6.45) is 3.66. The van der Waals surface area contributed by atoms with Crippen molar-refractivity contribution in [3.63, 3.8) is 0 Å². The maximum Gasteiger partial charge on any atom is 0.123 e. The maximum absolute atomic E-state index is 5.82.